The number of hydrogen-bond acceptors (Lipinski definition) is 4. The molecule has 0 spiro atoms. The fraction of sp³-hybridized carbons (Fsp3) is 0.476. The number of piperazine rings is 1. The first-order valence-corrected chi connectivity index (χ1v) is 9.98. The number of amides is 2. The van der Waals surface area contributed by atoms with Gasteiger partial charge in [-0.25, -0.2) is 0 Å². The Morgan fingerprint density at radius 1 is 1.00 bits per heavy atom. The van der Waals surface area contributed by atoms with Gasteiger partial charge in [-0.1, -0.05) is 18.2 Å². The molecule has 7 nitrogen and oxygen atoms in total. The second-order valence-corrected chi connectivity index (χ2v) is 7.39. The molecular weight excluding hydrogens is 356 g/mol. The third-order valence-electron chi connectivity index (χ3n) is 5.42. The SMILES string of the molecule is CC(Oc1ccccc1)C(=O)N1CCN(C(=O)c2cc3n(n2)CCCC3)CC1. The molecule has 1 unspecified atom stereocenters. The largest absolute Gasteiger partial charge is 0.481 e. The number of fused-ring (bicyclic) bond motifs is 1. The fourth-order valence-corrected chi connectivity index (χ4v) is 3.83. The van der Waals surface area contributed by atoms with Gasteiger partial charge in [0.15, 0.2) is 11.8 Å². The van der Waals surface area contributed by atoms with Gasteiger partial charge in [-0.05, 0) is 44.4 Å². The van der Waals surface area contributed by atoms with Crippen molar-refractivity contribution in [2.75, 3.05) is 26.2 Å². The smallest absolute Gasteiger partial charge is 0.274 e. The zero-order chi connectivity index (χ0) is 19.5. The summed E-state index contributed by atoms with van der Waals surface area (Å²) in [6.45, 7) is 4.73. The Morgan fingerprint density at radius 2 is 1.71 bits per heavy atom. The lowest BCUT2D eigenvalue weighted by Crippen LogP contribution is -2.53. The maximum absolute atomic E-state index is 12.8. The van der Waals surface area contributed by atoms with Crippen molar-refractivity contribution in [1.82, 2.24) is 19.6 Å². The number of hydrogen-bond donors (Lipinski definition) is 0. The van der Waals surface area contributed by atoms with Gasteiger partial charge in [0.1, 0.15) is 5.75 Å². The van der Waals surface area contributed by atoms with Crippen LogP contribution >= 0.6 is 0 Å². The molecule has 1 atom stereocenters. The number of ether oxygens (including phenoxy) is 1. The molecule has 1 saturated heterocycles. The summed E-state index contributed by atoms with van der Waals surface area (Å²) in [7, 11) is 0. The van der Waals surface area contributed by atoms with E-state index in [1.807, 2.05) is 41.1 Å². The highest BCUT2D eigenvalue weighted by molar-refractivity contribution is 5.92. The van der Waals surface area contributed by atoms with Crippen LogP contribution in [0.5, 0.6) is 5.75 Å². The normalized spacial score (nSPS) is 17.8. The predicted octanol–water partition coefficient (Wildman–Crippen LogP) is 1.97. The van der Waals surface area contributed by atoms with Gasteiger partial charge in [-0.2, -0.15) is 5.10 Å². The van der Waals surface area contributed by atoms with Crippen LogP contribution < -0.4 is 4.74 Å². The Morgan fingerprint density at radius 3 is 2.43 bits per heavy atom. The van der Waals surface area contributed by atoms with Gasteiger partial charge in [0.05, 0.1) is 0 Å². The van der Waals surface area contributed by atoms with Gasteiger partial charge < -0.3 is 14.5 Å². The van der Waals surface area contributed by atoms with Crippen molar-refractivity contribution >= 4 is 11.8 Å². The molecule has 2 aromatic rings. The van der Waals surface area contributed by atoms with E-state index in [4.69, 9.17) is 4.74 Å². The molecule has 0 bridgehead atoms. The van der Waals surface area contributed by atoms with E-state index in [-0.39, 0.29) is 11.8 Å². The van der Waals surface area contributed by atoms with Crippen molar-refractivity contribution in [1.29, 1.82) is 0 Å². The average Bonchev–Trinajstić information content (AvgIpc) is 3.18. The maximum Gasteiger partial charge on any atom is 0.274 e. The summed E-state index contributed by atoms with van der Waals surface area (Å²) in [5.41, 5.74) is 1.67. The first-order chi connectivity index (χ1) is 13.6. The molecule has 1 aromatic carbocycles. The molecule has 2 aliphatic rings. The number of nitrogens with zero attached hydrogens (tertiary/aromatic N) is 4. The molecule has 2 amide bonds. The van der Waals surface area contributed by atoms with Crippen molar-refractivity contribution in [2.24, 2.45) is 0 Å². The van der Waals surface area contributed by atoms with Gasteiger partial charge in [0.2, 0.25) is 0 Å². The van der Waals surface area contributed by atoms with E-state index < -0.39 is 6.10 Å². The van der Waals surface area contributed by atoms with Crippen LogP contribution in [0.3, 0.4) is 0 Å². The molecular formula is C21H26N4O3. The van der Waals surface area contributed by atoms with Crippen LogP contribution in [0, 0.1) is 0 Å². The van der Waals surface area contributed by atoms with E-state index in [1.165, 1.54) is 0 Å². The first-order valence-electron chi connectivity index (χ1n) is 9.98. The molecule has 1 fully saturated rings. The van der Waals surface area contributed by atoms with Gasteiger partial charge >= 0.3 is 0 Å². The van der Waals surface area contributed by atoms with Gasteiger partial charge in [-0.15, -0.1) is 0 Å². The number of rotatable bonds is 4. The lowest BCUT2D eigenvalue weighted by atomic mass is 10.1. The summed E-state index contributed by atoms with van der Waals surface area (Å²) < 4.78 is 7.69. The molecule has 7 heteroatoms. The number of aryl methyl sites for hydroxylation is 2. The van der Waals surface area contributed by atoms with Crippen LogP contribution in [-0.4, -0.2) is 63.7 Å². The number of carbonyl (C=O) groups is 2. The summed E-state index contributed by atoms with van der Waals surface area (Å²) in [5, 5.41) is 4.48. The summed E-state index contributed by atoms with van der Waals surface area (Å²) >= 11 is 0. The number of para-hydroxylation sites is 1. The van der Waals surface area contributed by atoms with Crippen LogP contribution in [0.4, 0.5) is 0 Å². The van der Waals surface area contributed by atoms with Gasteiger partial charge in [-0.3, -0.25) is 14.3 Å². The van der Waals surface area contributed by atoms with Crippen molar-refractivity contribution in [2.45, 2.75) is 38.8 Å². The predicted molar refractivity (Wildman–Crippen MR) is 104 cm³/mol. The van der Waals surface area contributed by atoms with E-state index >= 15 is 0 Å². The molecule has 1 aromatic heterocycles. The second-order valence-electron chi connectivity index (χ2n) is 7.39. The van der Waals surface area contributed by atoms with Crippen molar-refractivity contribution in [3.05, 3.63) is 47.8 Å². The third-order valence-corrected chi connectivity index (χ3v) is 5.42. The zero-order valence-electron chi connectivity index (χ0n) is 16.2. The Bertz CT molecular complexity index is 817. The first kappa shape index (κ1) is 18.5. The third kappa shape index (κ3) is 3.88. The molecule has 0 radical (unpaired) electrons. The number of benzene rings is 1. The summed E-state index contributed by atoms with van der Waals surface area (Å²) in [6.07, 6.45) is 2.71. The zero-order valence-corrected chi connectivity index (χ0v) is 16.2. The van der Waals surface area contributed by atoms with E-state index in [1.54, 1.807) is 16.7 Å². The highest BCUT2D eigenvalue weighted by Crippen LogP contribution is 2.18. The van der Waals surface area contributed by atoms with E-state index in [0.29, 0.717) is 37.6 Å². The van der Waals surface area contributed by atoms with Crippen LogP contribution in [0.25, 0.3) is 0 Å². The fourth-order valence-electron chi connectivity index (χ4n) is 3.83. The minimum atomic E-state index is -0.551. The Kier molecular flexibility index (Phi) is 5.32. The summed E-state index contributed by atoms with van der Waals surface area (Å²) in [5.74, 6) is 0.594. The molecule has 2 aliphatic heterocycles. The molecule has 0 saturated carbocycles. The quantitative estimate of drug-likeness (QED) is 0.811. The van der Waals surface area contributed by atoms with Crippen LogP contribution in [-0.2, 0) is 17.8 Å². The lowest BCUT2D eigenvalue weighted by Gasteiger charge is -2.35. The van der Waals surface area contributed by atoms with E-state index in [2.05, 4.69) is 5.10 Å². The number of aromatic nitrogens is 2. The van der Waals surface area contributed by atoms with Crippen LogP contribution in [0.1, 0.15) is 35.9 Å². The Balaban J connectivity index is 1.32. The van der Waals surface area contributed by atoms with Gasteiger partial charge in [0, 0.05) is 38.4 Å². The monoisotopic (exact) mass is 382 g/mol. The second kappa shape index (κ2) is 8.04. The lowest BCUT2D eigenvalue weighted by molar-refractivity contribution is -0.139. The van der Waals surface area contributed by atoms with Gasteiger partial charge in [0.25, 0.3) is 11.8 Å². The summed E-state index contributed by atoms with van der Waals surface area (Å²) in [6, 6.07) is 11.3. The molecule has 3 heterocycles. The topological polar surface area (TPSA) is 67.7 Å². The molecule has 28 heavy (non-hydrogen) atoms. The Hall–Kier alpha value is -2.83. The highest BCUT2D eigenvalue weighted by Gasteiger charge is 2.29. The molecule has 0 aliphatic carbocycles. The van der Waals surface area contributed by atoms with Crippen LogP contribution in [0.2, 0.25) is 0 Å². The summed E-state index contributed by atoms with van der Waals surface area (Å²) in [4.78, 5) is 29.0. The minimum absolute atomic E-state index is 0.0393. The minimum Gasteiger partial charge on any atom is -0.481 e. The van der Waals surface area contributed by atoms with Crippen molar-refractivity contribution in [3.63, 3.8) is 0 Å². The van der Waals surface area contributed by atoms with E-state index in [0.717, 1.165) is 31.5 Å². The average molecular weight is 382 g/mol. The molecule has 0 N–H and O–H groups in total. The van der Waals surface area contributed by atoms with Crippen molar-refractivity contribution < 1.29 is 14.3 Å². The standard InChI is InChI=1S/C21H26N4O3/c1-16(28-18-8-3-2-4-9-18)20(26)23-11-13-24(14-12-23)21(27)19-15-17-7-5-6-10-25(17)22-19/h2-4,8-9,15-16H,5-7,10-14H2,1H3. The van der Waals surface area contributed by atoms with E-state index in [9.17, 15) is 9.59 Å². The Labute approximate surface area is 164 Å². The van der Waals surface area contributed by atoms with Crippen LogP contribution in [0.15, 0.2) is 36.4 Å². The maximum atomic E-state index is 12.8. The molecule has 4 rings (SSSR count). The number of carbonyl (C=O) groups excluding carboxylic acids is 2. The molecule has 148 valence electrons. The van der Waals surface area contributed by atoms with Crippen molar-refractivity contribution in [3.8, 4) is 5.75 Å². The highest BCUT2D eigenvalue weighted by atomic mass is 16.5.